The zero-order valence-corrected chi connectivity index (χ0v) is 15.7. The Labute approximate surface area is 154 Å². The maximum atomic E-state index is 12.3. The molecule has 3 rings (SSSR count). The van der Waals surface area contributed by atoms with Gasteiger partial charge in [0, 0.05) is 57.4 Å². The Morgan fingerprint density at radius 2 is 1.71 bits per heavy atom. The van der Waals surface area contributed by atoms with Crippen LogP contribution >= 0.6 is 23.2 Å². The zero-order valence-electron chi connectivity index (χ0n) is 14.2. The average Bonchev–Trinajstić information content (AvgIpc) is 3.12. The van der Waals surface area contributed by atoms with Crippen LogP contribution < -0.4 is 4.90 Å². The van der Waals surface area contributed by atoms with Crippen LogP contribution in [0.2, 0.25) is 10.0 Å². The van der Waals surface area contributed by atoms with Crippen molar-refractivity contribution >= 4 is 34.8 Å². The van der Waals surface area contributed by atoms with Crippen molar-refractivity contribution in [1.82, 2.24) is 9.80 Å². The summed E-state index contributed by atoms with van der Waals surface area (Å²) in [5.74, 6) is 0.312. The molecule has 2 aliphatic rings. The molecule has 2 saturated heterocycles. The van der Waals surface area contributed by atoms with E-state index in [2.05, 4.69) is 16.7 Å². The number of likely N-dealkylation sites (tertiary alicyclic amines) is 1. The van der Waals surface area contributed by atoms with Crippen LogP contribution in [0, 0.1) is 0 Å². The largest absolute Gasteiger partial charge is 0.369 e. The van der Waals surface area contributed by atoms with E-state index in [9.17, 15) is 4.79 Å². The maximum absolute atomic E-state index is 12.3. The fourth-order valence-corrected chi connectivity index (χ4v) is 3.87. The number of hydrogen-bond acceptors (Lipinski definition) is 3. The standard InChI is InChI=1S/C18H25Cl2N3O/c1-14(12-18(24)23-6-2-3-7-23)21-8-10-22(11-9-21)15-4-5-16(19)17(20)13-15/h4-5,13-14H,2-3,6-12H2,1H3. The van der Waals surface area contributed by atoms with Gasteiger partial charge in [0.2, 0.25) is 5.91 Å². The van der Waals surface area contributed by atoms with Gasteiger partial charge in [-0.25, -0.2) is 0 Å². The lowest BCUT2D eigenvalue weighted by Crippen LogP contribution is -2.50. The fraction of sp³-hybridized carbons (Fsp3) is 0.611. The van der Waals surface area contributed by atoms with E-state index in [1.807, 2.05) is 23.1 Å². The SMILES string of the molecule is CC(CC(=O)N1CCCC1)N1CCN(c2ccc(Cl)c(Cl)c2)CC1. The highest BCUT2D eigenvalue weighted by Gasteiger charge is 2.25. The van der Waals surface area contributed by atoms with Gasteiger partial charge in [0.25, 0.3) is 0 Å². The molecule has 2 fully saturated rings. The minimum absolute atomic E-state index is 0.300. The van der Waals surface area contributed by atoms with E-state index in [1.54, 1.807) is 0 Å². The summed E-state index contributed by atoms with van der Waals surface area (Å²) in [4.78, 5) is 19.1. The number of hydrogen-bond donors (Lipinski definition) is 0. The number of carbonyl (C=O) groups excluding carboxylic acids is 1. The summed E-state index contributed by atoms with van der Waals surface area (Å²) in [5.41, 5.74) is 1.12. The van der Waals surface area contributed by atoms with Crippen molar-refractivity contribution in [3.05, 3.63) is 28.2 Å². The molecule has 1 aromatic rings. The molecular formula is C18H25Cl2N3O. The van der Waals surface area contributed by atoms with Crippen molar-refractivity contribution < 1.29 is 4.79 Å². The second-order valence-corrected chi connectivity index (χ2v) is 7.58. The van der Waals surface area contributed by atoms with Gasteiger partial charge in [-0.05, 0) is 38.0 Å². The molecule has 6 heteroatoms. The number of amides is 1. The number of rotatable bonds is 4. The summed E-state index contributed by atoms with van der Waals surface area (Å²) in [6, 6.07) is 6.10. The minimum atomic E-state index is 0.300. The number of benzene rings is 1. The number of halogens is 2. The predicted octanol–water partition coefficient (Wildman–Crippen LogP) is 3.52. The third kappa shape index (κ3) is 4.16. The van der Waals surface area contributed by atoms with Crippen molar-refractivity contribution in [2.45, 2.75) is 32.2 Å². The first kappa shape index (κ1) is 17.8. The summed E-state index contributed by atoms with van der Waals surface area (Å²) >= 11 is 12.1. The molecule has 2 heterocycles. The monoisotopic (exact) mass is 369 g/mol. The van der Waals surface area contributed by atoms with Crippen LogP contribution in [0.15, 0.2) is 18.2 Å². The Morgan fingerprint density at radius 1 is 1.04 bits per heavy atom. The van der Waals surface area contributed by atoms with Gasteiger partial charge in [0.15, 0.2) is 0 Å². The second kappa shape index (κ2) is 7.94. The highest BCUT2D eigenvalue weighted by Crippen LogP contribution is 2.28. The van der Waals surface area contributed by atoms with Gasteiger partial charge in [0.1, 0.15) is 0 Å². The van der Waals surface area contributed by atoms with Gasteiger partial charge in [-0.3, -0.25) is 9.69 Å². The molecule has 4 nitrogen and oxygen atoms in total. The normalized spacial score (nSPS) is 20.5. The predicted molar refractivity (Wildman–Crippen MR) is 100 cm³/mol. The number of anilines is 1. The molecule has 1 aromatic carbocycles. The van der Waals surface area contributed by atoms with Crippen molar-refractivity contribution in [3.8, 4) is 0 Å². The molecule has 24 heavy (non-hydrogen) atoms. The van der Waals surface area contributed by atoms with Gasteiger partial charge in [-0.15, -0.1) is 0 Å². The number of piperazine rings is 1. The van der Waals surface area contributed by atoms with Crippen LogP contribution in [0.1, 0.15) is 26.2 Å². The number of carbonyl (C=O) groups is 1. The molecule has 1 atom stereocenters. The van der Waals surface area contributed by atoms with E-state index in [4.69, 9.17) is 23.2 Å². The van der Waals surface area contributed by atoms with E-state index in [0.717, 1.165) is 57.8 Å². The van der Waals surface area contributed by atoms with Gasteiger partial charge in [0.05, 0.1) is 10.0 Å². The van der Waals surface area contributed by atoms with Crippen LogP contribution in [0.25, 0.3) is 0 Å². The molecule has 0 radical (unpaired) electrons. The quantitative estimate of drug-likeness (QED) is 0.812. The molecule has 0 saturated carbocycles. The second-order valence-electron chi connectivity index (χ2n) is 6.76. The molecule has 1 unspecified atom stereocenters. The fourth-order valence-electron chi connectivity index (χ4n) is 3.58. The first-order chi connectivity index (χ1) is 11.5. The molecule has 0 aliphatic carbocycles. The van der Waals surface area contributed by atoms with E-state index in [1.165, 1.54) is 0 Å². The molecule has 2 aliphatic heterocycles. The highest BCUT2D eigenvalue weighted by molar-refractivity contribution is 6.42. The van der Waals surface area contributed by atoms with E-state index >= 15 is 0 Å². The van der Waals surface area contributed by atoms with Crippen molar-refractivity contribution in [2.75, 3.05) is 44.2 Å². The first-order valence-corrected chi connectivity index (χ1v) is 9.52. The first-order valence-electron chi connectivity index (χ1n) is 8.76. The molecule has 132 valence electrons. The van der Waals surface area contributed by atoms with Crippen LogP contribution in [0.5, 0.6) is 0 Å². The van der Waals surface area contributed by atoms with Crippen molar-refractivity contribution in [3.63, 3.8) is 0 Å². The Kier molecular flexibility index (Phi) is 5.90. The Morgan fingerprint density at radius 3 is 2.33 bits per heavy atom. The molecular weight excluding hydrogens is 345 g/mol. The summed E-state index contributed by atoms with van der Waals surface area (Å²) in [7, 11) is 0. The summed E-state index contributed by atoms with van der Waals surface area (Å²) < 4.78 is 0. The highest BCUT2D eigenvalue weighted by atomic mass is 35.5. The van der Waals surface area contributed by atoms with Crippen LogP contribution in [0.3, 0.4) is 0 Å². The van der Waals surface area contributed by atoms with Crippen LogP contribution in [-0.2, 0) is 4.79 Å². The Hall–Kier alpha value is -0.970. The van der Waals surface area contributed by atoms with E-state index < -0.39 is 0 Å². The van der Waals surface area contributed by atoms with Gasteiger partial charge < -0.3 is 9.80 Å². The van der Waals surface area contributed by atoms with Crippen molar-refractivity contribution in [1.29, 1.82) is 0 Å². The van der Waals surface area contributed by atoms with Crippen molar-refractivity contribution in [2.24, 2.45) is 0 Å². The summed E-state index contributed by atoms with van der Waals surface area (Å²) in [5, 5.41) is 1.19. The summed E-state index contributed by atoms with van der Waals surface area (Å²) in [6.45, 7) is 7.87. The zero-order chi connectivity index (χ0) is 17.1. The summed E-state index contributed by atoms with van der Waals surface area (Å²) in [6.07, 6.45) is 2.94. The maximum Gasteiger partial charge on any atom is 0.224 e. The molecule has 0 aromatic heterocycles. The third-order valence-electron chi connectivity index (χ3n) is 5.13. The topological polar surface area (TPSA) is 26.8 Å². The average molecular weight is 370 g/mol. The van der Waals surface area contributed by atoms with Crippen LogP contribution in [-0.4, -0.2) is 61.0 Å². The Bertz CT molecular complexity index is 582. The third-order valence-corrected chi connectivity index (χ3v) is 5.87. The van der Waals surface area contributed by atoms with Gasteiger partial charge >= 0.3 is 0 Å². The smallest absolute Gasteiger partial charge is 0.224 e. The molecule has 0 spiro atoms. The lowest BCUT2D eigenvalue weighted by Gasteiger charge is -2.39. The van der Waals surface area contributed by atoms with Gasteiger partial charge in [-0.2, -0.15) is 0 Å². The molecule has 1 amide bonds. The minimum Gasteiger partial charge on any atom is -0.369 e. The molecule has 0 N–H and O–H groups in total. The van der Waals surface area contributed by atoms with Gasteiger partial charge in [-0.1, -0.05) is 23.2 Å². The molecule has 0 bridgehead atoms. The van der Waals surface area contributed by atoms with E-state index in [0.29, 0.717) is 28.4 Å². The van der Waals surface area contributed by atoms with Crippen LogP contribution in [0.4, 0.5) is 5.69 Å². The number of nitrogens with zero attached hydrogens (tertiary/aromatic N) is 3. The Balaban J connectivity index is 1.50. The van der Waals surface area contributed by atoms with E-state index in [-0.39, 0.29) is 0 Å². The lowest BCUT2D eigenvalue weighted by molar-refractivity contribution is -0.131. The lowest BCUT2D eigenvalue weighted by atomic mass is 10.1.